The zero-order chi connectivity index (χ0) is 17.0. The lowest BCUT2D eigenvalue weighted by Gasteiger charge is -2.20. The molecule has 0 saturated carbocycles. The van der Waals surface area contributed by atoms with Crippen molar-refractivity contribution in [2.75, 3.05) is 11.5 Å². The molecule has 0 spiro atoms. The highest BCUT2D eigenvalue weighted by Crippen LogP contribution is 2.48. The molecule has 10 heteroatoms. The van der Waals surface area contributed by atoms with Crippen LogP contribution in [0.15, 0.2) is 21.9 Å². The zero-order valence-corrected chi connectivity index (χ0v) is 12.3. The molecule has 0 saturated heterocycles. The molecule has 0 aliphatic carbocycles. The summed E-state index contributed by atoms with van der Waals surface area (Å²) in [5.41, 5.74) is 6.99. The van der Waals surface area contributed by atoms with Crippen molar-refractivity contribution in [2.45, 2.75) is 22.1 Å². The number of nitrogens with two attached hydrogens (primary N) is 2. The maximum atomic E-state index is 13.2. The largest absolute Gasteiger partial charge is 0.418 e. The minimum Gasteiger partial charge on any atom is -0.398 e. The quantitative estimate of drug-likeness (QED) is 0.316. The Morgan fingerprint density at radius 2 is 0.955 bits per heavy atom. The molecular weight excluding hydrogens is 350 g/mol. The van der Waals surface area contributed by atoms with Gasteiger partial charge in [-0.15, -0.1) is 25.3 Å². The second-order valence-corrected chi connectivity index (χ2v) is 5.36. The second-order valence-electron chi connectivity index (χ2n) is 4.47. The van der Waals surface area contributed by atoms with Crippen LogP contribution in [0.4, 0.5) is 37.7 Å². The van der Waals surface area contributed by atoms with E-state index < -0.39 is 55.4 Å². The van der Waals surface area contributed by atoms with E-state index in [0.29, 0.717) is 0 Å². The summed E-state index contributed by atoms with van der Waals surface area (Å²) in [5.74, 6) is 0. The molecule has 2 aromatic carbocycles. The maximum Gasteiger partial charge on any atom is 0.418 e. The van der Waals surface area contributed by atoms with Gasteiger partial charge in [-0.25, -0.2) is 0 Å². The van der Waals surface area contributed by atoms with Crippen molar-refractivity contribution in [2.24, 2.45) is 0 Å². The topological polar surface area (TPSA) is 52.0 Å². The first kappa shape index (κ1) is 16.9. The molecule has 2 rings (SSSR count). The van der Waals surface area contributed by atoms with Crippen LogP contribution in [0.1, 0.15) is 11.1 Å². The van der Waals surface area contributed by atoms with Gasteiger partial charge in [-0.3, -0.25) is 0 Å². The standard InChI is InChI=1S/C12H8F6N2S2/c13-11(14,15)7-3-1-5(19)9(21)8(12(16,17)18)4(3)2-6(20)10(7)22/h1-2,21-22H,19-20H2. The summed E-state index contributed by atoms with van der Waals surface area (Å²) in [7, 11) is 0. The number of nitrogen functional groups attached to an aromatic ring is 2. The number of halogens is 6. The highest BCUT2D eigenvalue weighted by molar-refractivity contribution is 7.80. The number of fused-ring (bicyclic) bond motifs is 1. The molecule has 22 heavy (non-hydrogen) atoms. The Morgan fingerprint density at radius 1 is 0.682 bits per heavy atom. The van der Waals surface area contributed by atoms with Crippen molar-refractivity contribution in [3.05, 3.63) is 23.3 Å². The molecule has 0 unspecified atom stereocenters. The van der Waals surface area contributed by atoms with Gasteiger partial charge in [0.15, 0.2) is 0 Å². The molecule has 0 bridgehead atoms. The van der Waals surface area contributed by atoms with Crippen molar-refractivity contribution in [3.8, 4) is 0 Å². The lowest BCUT2D eigenvalue weighted by molar-refractivity contribution is -0.140. The molecule has 2 nitrogen and oxygen atoms in total. The van der Waals surface area contributed by atoms with Crippen LogP contribution in [-0.2, 0) is 12.4 Å². The van der Waals surface area contributed by atoms with E-state index in [1.165, 1.54) is 0 Å². The van der Waals surface area contributed by atoms with Gasteiger partial charge in [0.05, 0.1) is 11.1 Å². The van der Waals surface area contributed by atoms with Crippen LogP contribution < -0.4 is 11.5 Å². The maximum absolute atomic E-state index is 13.2. The number of anilines is 2. The molecule has 0 fully saturated rings. The monoisotopic (exact) mass is 358 g/mol. The number of thiol groups is 2. The molecule has 0 amide bonds. The van der Waals surface area contributed by atoms with Gasteiger partial charge in [0.1, 0.15) is 0 Å². The smallest absolute Gasteiger partial charge is 0.398 e. The van der Waals surface area contributed by atoms with E-state index >= 15 is 0 Å². The van der Waals surface area contributed by atoms with Gasteiger partial charge in [0, 0.05) is 21.2 Å². The van der Waals surface area contributed by atoms with Gasteiger partial charge in [-0.1, -0.05) is 0 Å². The third-order valence-electron chi connectivity index (χ3n) is 3.02. The molecular formula is C12H8F6N2S2. The Bertz CT molecular complexity index is 702. The van der Waals surface area contributed by atoms with Crippen molar-refractivity contribution in [1.29, 1.82) is 0 Å². The van der Waals surface area contributed by atoms with Gasteiger partial charge in [-0.05, 0) is 22.9 Å². The fourth-order valence-corrected chi connectivity index (χ4v) is 2.76. The number of hydrogen-bond donors (Lipinski definition) is 4. The van der Waals surface area contributed by atoms with Crippen LogP contribution in [0.3, 0.4) is 0 Å². The van der Waals surface area contributed by atoms with E-state index in [9.17, 15) is 26.3 Å². The third kappa shape index (κ3) is 2.65. The van der Waals surface area contributed by atoms with Gasteiger partial charge < -0.3 is 11.5 Å². The minimum absolute atomic E-state index is 0.522. The predicted molar refractivity (Wildman–Crippen MR) is 77.3 cm³/mol. The van der Waals surface area contributed by atoms with Crippen LogP contribution in [0.2, 0.25) is 0 Å². The molecule has 0 aliphatic heterocycles. The van der Waals surface area contributed by atoms with Gasteiger partial charge in [0.2, 0.25) is 0 Å². The summed E-state index contributed by atoms with van der Waals surface area (Å²) in [6, 6.07) is 1.57. The van der Waals surface area contributed by atoms with E-state index in [1.807, 2.05) is 0 Å². The second kappa shape index (κ2) is 5.05. The Morgan fingerprint density at radius 3 is 1.18 bits per heavy atom. The summed E-state index contributed by atoms with van der Waals surface area (Å²) in [6.07, 6.45) is -9.89. The van der Waals surface area contributed by atoms with E-state index in [2.05, 4.69) is 25.3 Å². The predicted octanol–water partition coefficient (Wildman–Crippen LogP) is 4.62. The minimum atomic E-state index is -4.95. The van der Waals surface area contributed by atoms with E-state index in [0.717, 1.165) is 12.1 Å². The normalized spacial score (nSPS) is 12.9. The molecule has 0 heterocycles. The molecule has 0 radical (unpaired) electrons. The SMILES string of the molecule is Nc1cc2c(C(F)(F)F)c(S)c(N)cc2c(C(F)(F)F)c1S. The molecule has 120 valence electrons. The van der Waals surface area contributed by atoms with Crippen molar-refractivity contribution < 1.29 is 26.3 Å². The van der Waals surface area contributed by atoms with Gasteiger partial charge >= 0.3 is 12.4 Å². The van der Waals surface area contributed by atoms with Crippen molar-refractivity contribution in [1.82, 2.24) is 0 Å². The van der Waals surface area contributed by atoms with Crippen molar-refractivity contribution >= 4 is 47.4 Å². The summed E-state index contributed by atoms with van der Waals surface area (Å²) in [6.45, 7) is 0. The van der Waals surface area contributed by atoms with E-state index in [-0.39, 0.29) is 0 Å². The Balaban J connectivity index is 3.13. The van der Waals surface area contributed by atoms with Crippen LogP contribution in [-0.4, -0.2) is 0 Å². The Labute approximate surface area is 131 Å². The summed E-state index contributed by atoms with van der Waals surface area (Å²) < 4.78 is 79.0. The number of benzene rings is 2. The lowest BCUT2D eigenvalue weighted by Crippen LogP contribution is -2.13. The summed E-state index contributed by atoms with van der Waals surface area (Å²) >= 11 is 7.32. The average molecular weight is 358 g/mol. The molecule has 2 aromatic rings. The van der Waals surface area contributed by atoms with E-state index in [4.69, 9.17) is 11.5 Å². The summed E-state index contributed by atoms with van der Waals surface area (Å²) in [4.78, 5) is -1.31. The van der Waals surface area contributed by atoms with E-state index in [1.54, 1.807) is 0 Å². The number of rotatable bonds is 0. The average Bonchev–Trinajstić information content (AvgIpc) is 2.30. The van der Waals surface area contributed by atoms with Gasteiger partial charge in [-0.2, -0.15) is 26.3 Å². The fraction of sp³-hybridized carbons (Fsp3) is 0.167. The van der Waals surface area contributed by atoms with Crippen LogP contribution in [0.25, 0.3) is 10.8 Å². The Kier molecular flexibility index (Phi) is 3.89. The Hall–Kier alpha value is -1.42. The molecule has 4 N–H and O–H groups in total. The first-order valence-corrected chi connectivity index (χ1v) is 6.46. The number of hydrogen-bond acceptors (Lipinski definition) is 4. The van der Waals surface area contributed by atoms with Crippen LogP contribution in [0.5, 0.6) is 0 Å². The lowest BCUT2D eigenvalue weighted by atomic mass is 9.97. The van der Waals surface area contributed by atoms with Crippen LogP contribution in [0, 0.1) is 0 Å². The molecule has 0 aliphatic rings. The zero-order valence-electron chi connectivity index (χ0n) is 10.5. The summed E-state index contributed by atoms with van der Waals surface area (Å²) in [5, 5.41) is -1.45. The van der Waals surface area contributed by atoms with Gasteiger partial charge in [0.25, 0.3) is 0 Å². The molecule has 0 atom stereocenters. The highest BCUT2D eigenvalue weighted by atomic mass is 32.1. The molecule has 0 aromatic heterocycles. The first-order chi connectivity index (χ1) is 9.85. The fourth-order valence-electron chi connectivity index (χ4n) is 2.13. The van der Waals surface area contributed by atoms with Crippen LogP contribution >= 0.6 is 25.3 Å². The highest BCUT2D eigenvalue weighted by Gasteiger charge is 2.40. The number of alkyl halides is 6. The third-order valence-corrected chi connectivity index (χ3v) is 3.98. The van der Waals surface area contributed by atoms with Crippen molar-refractivity contribution in [3.63, 3.8) is 0 Å². The first-order valence-electron chi connectivity index (χ1n) is 5.56.